The molecule has 0 aliphatic rings. The van der Waals surface area contributed by atoms with Crippen molar-refractivity contribution in [2.75, 3.05) is 21.3 Å². The summed E-state index contributed by atoms with van der Waals surface area (Å²) in [5.41, 5.74) is 4.09. The smallest absolute Gasteiger partial charge is 0.205 e. The minimum absolute atomic E-state index is 0.0306. The van der Waals surface area contributed by atoms with Crippen LogP contribution in [-0.2, 0) is 11.2 Å². The Balaban J connectivity index is 3.01. The molecule has 0 amide bonds. The maximum Gasteiger partial charge on any atom is 0.205 e. The van der Waals surface area contributed by atoms with Crippen molar-refractivity contribution in [3.8, 4) is 28.7 Å². The van der Waals surface area contributed by atoms with Crippen LogP contribution in [0.25, 0.3) is 0 Å². The van der Waals surface area contributed by atoms with E-state index in [1.807, 2.05) is 6.07 Å². The van der Waals surface area contributed by atoms with E-state index in [4.69, 9.17) is 14.2 Å². The van der Waals surface area contributed by atoms with Gasteiger partial charge in [0, 0.05) is 6.42 Å². The number of Topliss-reactive ketones (excluding diaryl/α,β-unsaturated/α-hetero) is 1. The zero-order valence-electron chi connectivity index (χ0n) is 14.5. The van der Waals surface area contributed by atoms with Crippen molar-refractivity contribution in [3.05, 3.63) is 15.2 Å². The van der Waals surface area contributed by atoms with Gasteiger partial charge in [0.05, 0.1) is 24.9 Å². The van der Waals surface area contributed by atoms with Crippen molar-refractivity contribution in [2.24, 2.45) is 0 Å². The molecule has 0 aromatic heterocycles. The second-order valence-electron chi connectivity index (χ2n) is 6.04. The summed E-state index contributed by atoms with van der Waals surface area (Å²) >= 11 is 2.20. The van der Waals surface area contributed by atoms with Crippen molar-refractivity contribution < 1.29 is 19.0 Å². The molecule has 0 spiro atoms. The molecule has 1 rings (SSSR count). The summed E-state index contributed by atoms with van der Waals surface area (Å²) in [4.78, 5) is 12.0. The number of halogens is 1. The SMILES string of the molecule is COc1cc(CCC(=O)C#C[Si](C)(C)C)c(I)c(OC)c1OC. The summed E-state index contributed by atoms with van der Waals surface area (Å²) < 4.78 is 17.1. The normalized spacial score (nSPS) is 10.6. The third-order valence-electron chi connectivity index (χ3n) is 3.04. The summed E-state index contributed by atoms with van der Waals surface area (Å²) in [6.07, 6.45) is 0.973. The minimum Gasteiger partial charge on any atom is -0.493 e. The van der Waals surface area contributed by atoms with Gasteiger partial charge >= 0.3 is 0 Å². The van der Waals surface area contributed by atoms with E-state index >= 15 is 0 Å². The predicted octanol–water partition coefficient (Wildman–Crippen LogP) is 3.70. The molecule has 0 unspecified atom stereocenters. The molecule has 0 aliphatic carbocycles. The van der Waals surface area contributed by atoms with E-state index < -0.39 is 8.07 Å². The van der Waals surface area contributed by atoms with Crippen LogP contribution in [0.3, 0.4) is 0 Å². The third-order valence-corrected chi connectivity index (χ3v) is 5.10. The van der Waals surface area contributed by atoms with Gasteiger partial charge in [-0.25, -0.2) is 0 Å². The zero-order chi connectivity index (χ0) is 17.6. The van der Waals surface area contributed by atoms with Crippen LogP contribution >= 0.6 is 22.6 Å². The molecular formula is C17H23IO4Si. The van der Waals surface area contributed by atoms with Crippen LogP contribution in [0, 0.1) is 15.0 Å². The molecule has 0 radical (unpaired) electrons. The Bertz CT molecular complexity index is 639. The Morgan fingerprint density at radius 2 is 1.74 bits per heavy atom. The Kier molecular flexibility index (Phi) is 7.41. The van der Waals surface area contributed by atoms with Crippen LogP contribution in [-0.4, -0.2) is 35.2 Å². The Labute approximate surface area is 153 Å². The lowest BCUT2D eigenvalue weighted by atomic mass is 10.1. The first kappa shape index (κ1) is 19.8. The third kappa shape index (κ3) is 5.73. The van der Waals surface area contributed by atoms with Crippen LogP contribution in [0.2, 0.25) is 19.6 Å². The number of carbonyl (C=O) groups excluding carboxylic acids is 1. The number of carbonyl (C=O) groups is 1. The standard InChI is InChI=1S/C17H23IO4Si/c1-20-14-11-12(15(18)17(22-3)16(14)21-2)7-8-13(19)9-10-23(4,5)6/h11H,7-8H2,1-6H3. The summed E-state index contributed by atoms with van der Waals surface area (Å²) in [6, 6.07) is 1.89. The maximum atomic E-state index is 12.0. The first-order chi connectivity index (χ1) is 10.7. The fraction of sp³-hybridized carbons (Fsp3) is 0.471. The average molecular weight is 446 g/mol. The van der Waals surface area contributed by atoms with E-state index in [1.54, 1.807) is 21.3 Å². The van der Waals surface area contributed by atoms with Gasteiger partial charge in [0.15, 0.2) is 11.5 Å². The van der Waals surface area contributed by atoms with Gasteiger partial charge in [-0.2, -0.15) is 0 Å². The number of ketones is 1. The highest BCUT2D eigenvalue weighted by molar-refractivity contribution is 14.1. The van der Waals surface area contributed by atoms with E-state index in [2.05, 4.69) is 53.7 Å². The minimum atomic E-state index is -1.52. The number of rotatable bonds is 6. The van der Waals surface area contributed by atoms with Crippen molar-refractivity contribution >= 4 is 36.4 Å². The molecule has 0 fully saturated rings. The number of hydrogen-bond donors (Lipinski definition) is 0. The predicted molar refractivity (Wildman–Crippen MR) is 103 cm³/mol. The number of hydrogen-bond acceptors (Lipinski definition) is 4. The van der Waals surface area contributed by atoms with Crippen molar-refractivity contribution in [1.29, 1.82) is 0 Å². The van der Waals surface area contributed by atoms with Crippen LogP contribution < -0.4 is 14.2 Å². The van der Waals surface area contributed by atoms with Crippen LogP contribution in [0.4, 0.5) is 0 Å². The number of methoxy groups -OCH3 is 3. The molecule has 0 bridgehead atoms. The maximum absolute atomic E-state index is 12.0. The molecule has 0 atom stereocenters. The molecule has 6 heteroatoms. The molecule has 0 heterocycles. The molecule has 4 nitrogen and oxygen atoms in total. The lowest BCUT2D eigenvalue weighted by molar-refractivity contribution is -0.113. The average Bonchev–Trinajstić information content (AvgIpc) is 2.50. The summed E-state index contributed by atoms with van der Waals surface area (Å²) in [5.74, 6) is 4.53. The van der Waals surface area contributed by atoms with Gasteiger partial charge in [-0.3, -0.25) is 4.79 Å². The summed E-state index contributed by atoms with van der Waals surface area (Å²) in [5, 5.41) is 0. The van der Waals surface area contributed by atoms with Gasteiger partial charge in [-0.1, -0.05) is 19.6 Å². The number of benzene rings is 1. The Morgan fingerprint density at radius 3 is 2.22 bits per heavy atom. The lowest BCUT2D eigenvalue weighted by Gasteiger charge is -2.16. The lowest BCUT2D eigenvalue weighted by Crippen LogP contribution is -2.17. The number of aryl methyl sites for hydroxylation is 1. The summed E-state index contributed by atoms with van der Waals surface area (Å²) in [7, 11) is 3.23. The molecule has 1 aromatic carbocycles. The highest BCUT2D eigenvalue weighted by Crippen LogP contribution is 2.42. The number of ether oxygens (including phenoxy) is 3. The Morgan fingerprint density at radius 1 is 1.13 bits per heavy atom. The van der Waals surface area contributed by atoms with Gasteiger partial charge in [0.25, 0.3) is 0 Å². The van der Waals surface area contributed by atoms with E-state index in [9.17, 15) is 4.79 Å². The van der Waals surface area contributed by atoms with E-state index in [1.165, 1.54) is 0 Å². The Hall–Kier alpha value is -1.20. The van der Waals surface area contributed by atoms with Gasteiger partial charge in [-0.05, 0) is 46.6 Å². The molecule has 0 saturated heterocycles. The fourth-order valence-electron chi connectivity index (χ4n) is 1.92. The second kappa shape index (κ2) is 8.59. The van der Waals surface area contributed by atoms with Crippen molar-refractivity contribution in [1.82, 2.24) is 0 Å². The second-order valence-corrected chi connectivity index (χ2v) is 11.9. The molecule has 23 heavy (non-hydrogen) atoms. The van der Waals surface area contributed by atoms with Crippen LogP contribution in [0.5, 0.6) is 17.2 Å². The molecule has 0 N–H and O–H groups in total. The van der Waals surface area contributed by atoms with Crippen molar-refractivity contribution in [2.45, 2.75) is 32.5 Å². The first-order valence-corrected chi connectivity index (χ1v) is 11.8. The van der Waals surface area contributed by atoms with Gasteiger partial charge < -0.3 is 14.2 Å². The van der Waals surface area contributed by atoms with Gasteiger partial charge in [0.2, 0.25) is 11.5 Å². The zero-order valence-corrected chi connectivity index (χ0v) is 17.7. The first-order valence-electron chi connectivity index (χ1n) is 7.26. The molecule has 0 aliphatic heterocycles. The molecule has 0 saturated carbocycles. The molecular weight excluding hydrogens is 423 g/mol. The largest absolute Gasteiger partial charge is 0.493 e. The van der Waals surface area contributed by atoms with Crippen LogP contribution in [0.1, 0.15) is 12.0 Å². The van der Waals surface area contributed by atoms with E-state index in [0.717, 1.165) is 9.13 Å². The fourth-order valence-corrected chi connectivity index (χ4v) is 3.33. The van der Waals surface area contributed by atoms with Crippen LogP contribution in [0.15, 0.2) is 6.07 Å². The van der Waals surface area contributed by atoms with Gasteiger partial charge in [0.1, 0.15) is 8.07 Å². The van der Waals surface area contributed by atoms with Gasteiger partial charge in [-0.15, -0.1) is 5.54 Å². The van der Waals surface area contributed by atoms with E-state index in [0.29, 0.717) is 30.1 Å². The monoisotopic (exact) mass is 446 g/mol. The topological polar surface area (TPSA) is 44.8 Å². The highest BCUT2D eigenvalue weighted by atomic mass is 127. The molecule has 126 valence electrons. The molecule has 1 aromatic rings. The van der Waals surface area contributed by atoms with Crippen molar-refractivity contribution in [3.63, 3.8) is 0 Å². The quantitative estimate of drug-likeness (QED) is 0.380. The highest BCUT2D eigenvalue weighted by Gasteiger charge is 2.19. The van der Waals surface area contributed by atoms with E-state index in [-0.39, 0.29) is 5.78 Å². The summed E-state index contributed by atoms with van der Waals surface area (Å²) in [6.45, 7) is 6.36.